The monoisotopic (exact) mass is 328 g/mol. The second-order valence-corrected chi connectivity index (χ2v) is 5.02. The third-order valence-corrected chi connectivity index (χ3v) is 3.20. The molecule has 24 heavy (non-hydrogen) atoms. The van der Waals surface area contributed by atoms with Crippen molar-refractivity contribution in [1.29, 1.82) is 0 Å². The topological polar surface area (TPSA) is 88.8 Å². The van der Waals surface area contributed by atoms with E-state index in [0.717, 1.165) is 17.8 Å². The Hall–Kier alpha value is -3.29. The lowest BCUT2D eigenvalue weighted by atomic mass is 10.3. The summed E-state index contributed by atoms with van der Waals surface area (Å²) >= 11 is 0. The van der Waals surface area contributed by atoms with Crippen molar-refractivity contribution >= 4 is 28.8 Å². The van der Waals surface area contributed by atoms with E-state index in [-0.39, 0.29) is 17.2 Å². The molecule has 4 N–H and O–H groups in total. The quantitative estimate of drug-likeness (QED) is 0.679. The lowest BCUT2D eigenvalue weighted by molar-refractivity contribution is 0.586. The highest BCUT2D eigenvalue weighted by Gasteiger charge is 2.11. The SMILES string of the molecule is Cc1cccc(Nc2ncnc(Nc3ccc(F)cc3F)c2N)n1. The Morgan fingerprint density at radius 2 is 1.75 bits per heavy atom. The number of nitrogens with two attached hydrogens (primary N) is 1. The Morgan fingerprint density at radius 3 is 2.46 bits per heavy atom. The number of hydrogen-bond donors (Lipinski definition) is 3. The first-order valence-corrected chi connectivity index (χ1v) is 7.06. The molecule has 1 aromatic carbocycles. The van der Waals surface area contributed by atoms with Crippen molar-refractivity contribution in [3.63, 3.8) is 0 Å². The van der Waals surface area contributed by atoms with E-state index in [1.54, 1.807) is 6.07 Å². The highest BCUT2D eigenvalue weighted by molar-refractivity contribution is 5.79. The van der Waals surface area contributed by atoms with Crippen LogP contribution in [-0.2, 0) is 0 Å². The lowest BCUT2D eigenvalue weighted by Crippen LogP contribution is -2.06. The second kappa shape index (κ2) is 6.45. The smallest absolute Gasteiger partial charge is 0.160 e. The molecule has 2 heterocycles. The molecule has 6 nitrogen and oxygen atoms in total. The molecule has 8 heteroatoms. The normalized spacial score (nSPS) is 10.5. The molecule has 0 aliphatic heterocycles. The van der Waals surface area contributed by atoms with Crippen LogP contribution in [0.4, 0.5) is 37.6 Å². The lowest BCUT2D eigenvalue weighted by Gasteiger charge is -2.12. The highest BCUT2D eigenvalue weighted by Crippen LogP contribution is 2.28. The van der Waals surface area contributed by atoms with Crippen LogP contribution in [0.2, 0.25) is 0 Å². The first kappa shape index (κ1) is 15.6. The number of benzene rings is 1. The van der Waals surface area contributed by atoms with Gasteiger partial charge in [-0.25, -0.2) is 23.7 Å². The zero-order chi connectivity index (χ0) is 17.1. The summed E-state index contributed by atoms with van der Waals surface area (Å²) in [5.74, 6) is -0.317. The Balaban J connectivity index is 1.88. The number of anilines is 5. The molecule has 3 aromatic rings. The third-order valence-electron chi connectivity index (χ3n) is 3.20. The minimum absolute atomic E-state index is 0.0569. The summed E-state index contributed by atoms with van der Waals surface area (Å²) < 4.78 is 26.7. The Kier molecular flexibility index (Phi) is 4.19. The number of pyridine rings is 1. The molecule has 3 rings (SSSR count). The molecule has 0 spiro atoms. The summed E-state index contributed by atoms with van der Waals surface area (Å²) in [6.07, 6.45) is 1.28. The molecule has 0 unspecified atom stereocenters. The van der Waals surface area contributed by atoms with Crippen molar-refractivity contribution in [2.45, 2.75) is 6.92 Å². The van der Waals surface area contributed by atoms with E-state index in [1.807, 2.05) is 19.1 Å². The molecule has 0 radical (unpaired) electrons. The predicted octanol–water partition coefficient (Wildman–Crippen LogP) is 3.53. The fraction of sp³-hybridized carbons (Fsp3) is 0.0625. The molecule has 0 saturated heterocycles. The van der Waals surface area contributed by atoms with Gasteiger partial charge in [0.15, 0.2) is 11.6 Å². The van der Waals surface area contributed by atoms with Gasteiger partial charge >= 0.3 is 0 Å². The van der Waals surface area contributed by atoms with E-state index in [2.05, 4.69) is 25.6 Å². The first-order chi connectivity index (χ1) is 11.5. The molecule has 2 aromatic heterocycles. The van der Waals surface area contributed by atoms with Crippen molar-refractivity contribution in [2.75, 3.05) is 16.4 Å². The van der Waals surface area contributed by atoms with E-state index < -0.39 is 11.6 Å². The average Bonchev–Trinajstić information content (AvgIpc) is 2.54. The van der Waals surface area contributed by atoms with Crippen molar-refractivity contribution in [2.24, 2.45) is 0 Å². The van der Waals surface area contributed by atoms with Gasteiger partial charge in [0.1, 0.15) is 29.5 Å². The second-order valence-electron chi connectivity index (χ2n) is 5.02. The Morgan fingerprint density at radius 1 is 1.00 bits per heavy atom. The van der Waals surface area contributed by atoms with Gasteiger partial charge in [-0.2, -0.15) is 0 Å². The van der Waals surface area contributed by atoms with Crippen LogP contribution in [0.5, 0.6) is 0 Å². The maximum Gasteiger partial charge on any atom is 0.160 e. The van der Waals surface area contributed by atoms with E-state index in [1.165, 1.54) is 12.4 Å². The van der Waals surface area contributed by atoms with Crippen LogP contribution in [0.1, 0.15) is 5.69 Å². The molecular formula is C16H14F2N6. The molecular weight excluding hydrogens is 314 g/mol. The summed E-state index contributed by atoms with van der Waals surface area (Å²) in [5, 5.41) is 5.71. The van der Waals surface area contributed by atoms with Gasteiger partial charge in [0.25, 0.3) is 0 Å². The van der Waals surface area contributed by atoms with E-state index >= 15 is 0 Å². The fourth-order valence-electron chi connectivity index (χ4n) is 2.05. The molecule has 0 aliphatic carbocycles. The minimum Gasteiger partial charge on any atom is -0.393 e. The van der Waals surface area contributed by atoms with Crippen LogP contribution in [0.15, 0.2) is 42.7 Å². The molecule has 0 atom stereocenters. The van der Waals surface area contributed by atoms with Gasteiger partial charge in [-0.1, -0.05) is 6.07 Å². The highest BCUT2D eigenvalue weighted by atomic mass is 19.1. The van der Waals surface area contributed by atoms with Crippen molar-refractivity contribution in [3.8, 4) is 0 Å². The van der Waals surface area contributed by atoms with Gasteiger partial charge < -0.3 is 16.4 Å². The summed E-state index contributed by atoms with van der Waals surface area (Å²) in [4.78, 5) is 12.3. The van der Waals surface area contributed by atoms with Gasteiger partial charge in [-0.05, 0) is 31.2 Å². The summed E-state index contributed by atoms with van der Waals surface area (Å²) in [6, 6.07) is 8.64. The van der Waals surface area contributed by atoms with E-state index in [9.17, 15) is 8.78 Å². The number of hydrogen-bond acceptors (Lipinski definition) is 6. The van der Waals surface area contributed by atoms with Crippen LogP contribution in [0, 0.1) is 18.6 Å². The number of nitrogens with one attached hydrogen (secondary N) is 2. The van der Waals surface area contributed by atoms with Crippen LogP contribution in [-0.4, -0.2) is 15.0 Å². The number of aromatic nitrogens is 3. The van der Waals surface area contributed by atoms with Crippen LogP contribution >= 0.6 is 0 Å². The van der Waals surface area contributed by atoms with Crippen LogP contribution < -0.4 is 16.4 Å². The largest absolute Gasteiger partial charge is 0.393 e. The summed E-state index contributed by atoms with van der Waals surface area (Å²) in [7, 11) is 0. The molecule has 122 valence electrons. The molecule has 0 amide bonds. The number of halogens is 2. The predicted molar refractivity (Wildman–Crippen MR) is 88.3 cm³/mol. The van der Waals surface area contributed by atoms with Crippen molar-refractivity contribution in [3.05, 3.63) is 60.1 Å². The van der Waals surface area contributed by atoms with Gasteiger partial charge in [-0.15, -0.1) is 0 Å². The van der Waals surface area contributed by atoms with E-state index in [0.29, 0.717) is 11.6 Å². The Bertz CT molecular complexity index is 884. The van der Waals surface area contributed by atoms with Gasteiger partial charge in [0.2, 0.25) is 0 Å². The molecule has 0 fully saturated rings. The Labute approximate surface area is 136 Å². The average molecular weight is 328 g/mol. The van der Waals surface area contributed by atoms with Crippen molar-refractivity contribution < 1.29 is 8.78 Å². The standard InChI is InChI=1S/C16H14F2N6/c1-9-3-2-4-13(22-9)24-16-14(19)15(20-8-21-16)23-12-6-5-10(17)7-11(12)18/h2-8H,19H2,1H3,(H2,20,21,22,23,24). The van der Waals surface area contributed by atoms with Crippen LogP contribution in [0.25, 0.3) is 0 Å². The number of nitrogens with zero attached hydrogens (tertiary/aromatic N) is 3. The molecule has 0 aliphatic rings. The first-order valence-electron chi connectivity index (χ1n) is 7.06. The van der Waals surface area contributed by atoms with Crippen molar-refractivity contribution in [1.82, 2.24) is 15.0 Å². The van der Waals surface area contributed by atoms with Gasteiger partial charge in [0, 0.05) is 11.8 Å². The zero-order valence-electron chi connectivity index (χ0n) is 12.7. The summed E-state index contributed by atoms with van der Waals surface area (Å²) in [5.41, 5.74) is 7.10. The number of aryl methyl sites for hydroxylation is 1. The van der Waals surface area contributed by atoms with Gasteiger partial charge in [0.05, 0.1) is 5.69 Å². The fourth-order valence-corrected chi connectivity index (χ4v) is 2.05. The number of rotatable bonds is 4. The maximum atomic E-state index is 13.7. The van der Waals surface area contributed by atoms with Crippen LogP contribution in [0.3, 0.4) is 0 Å². The number of nitrogen functional groups attached to an aromatic ring is 1. The van der Waals surface area contributed by atoms with E-state index in [4.69, 9.17) is 5.73 Å². The maximum absolute atomic E-state index is 13.7. The summed E-state index contributed by atoms with van der Waals surface area (Å²) in [6.45, 7) is 1.86. The van der Waals surface area contributed by atoms with Gasteiger partial charge in [-0.3, -0.25) is 0 Å². The zero-order valence-corrected chi connectivity index (χ0v) is 12.7. The molecule has 0 saturated carbocycles. The molecule has 0 bridgehead atoms. The third kappa shape index (κ3) is 3.37. The minimum atomic E-state index is -0.747.